The number of benzene rings is 2. The van der Waals surface area contributed by atoms with Gasteiger partial charge >= 0.3 is 0 Å². The highest BCUT2D eigenvalue weighted by Crippen LogP contribution is 2.33. The van der Waals surface area contributed by atoms with Crippen LogP contribution < -0.4 is 4.74 Å². The molecule has 4 rings (SSSR count). The van der Waals surface area contributed by atoms with Crippen molar-refractivity contribution in [3.63, 3.8) is 0 Å². The van der Waals surface area contributed by atoms with E-state index < -0.39 is 0 Å². The van der Waals surface area contributed by atoms with Gasteiger partial charge in [0.05, 0.1) is 0 Å². The zero-order valence-corrected chi connectivity index (χ0v) is 14.9. The lowest BCUT2D eigenvalue weighted by atomic mass is 10.1. The summed E-state index contributed by atoms with van der Waals surface area (Å²) in [4.78, 5) is 7.08. The van der Waals surface area contributed by atoms with Crippen LogP contribution in [0.25, 0.3) is 0 Å². The first kappa shape index (κ1) is 16.8. The van der Waals surface area contributed by atoms with E-state index in [4.69, 9.17) is 4.74 Å². The van der Waals surface area contributed by atoms with E-state index in [0.29, 0.717) is 18.5 Å². The zero-order valence-electron chi connectivity index (χ0n) is 14.9. The molecular weight excluding hydrogens is 320 g/mol. The van der Waals surface area contributed by atoms with Gasteiger partial charge in [0.25, 0.3) is 0 Å². The van der Waals surface area contributed by atoms with Gasteiger partial charge in [0.1, 0.15) is 6.61 Å². The molecule has 26 heavy (non-hydrogen) atoms. The van der Waals surface area contributed by atoms with Crippen LogP contribution in [0.1, 0.15) is 35.6 Å². The number of pyridine rings is 1. The quantitative estimate of drug-likeness (QED) is 0.629. The second-order valence-electron chi connectivity index (χ2n) is 6.82. The summed E-state index contributed by atoms with van der Waals surface area (Å²) in [6, 6.07) is 25.5. The summed E-state index contributed by atoms with van der Waals surface area (Å²) < 4.78 is 5.81. The number of hydrogen-bond donors (Lipinski definition) is 0. The highest BCUT2D eigenvalue weighted by Gasteiger charge is 2.26. The van der Waals surface area contributed by atoms with Gasteiger partial charge in [-0.25, -0.2) is 4.98 Å². The van der Waals surface area contributed by atoms with Crippen LogP contribution in [-0.2, 0) is 13.2 Å². The first-order valence-corrected chi connectivity index (χ1v) is 9.29. The van der Waals surface area contributed by atoms with Crippen molar-refractivity contribution in [2.45, 2.75) is 32.0 Å². The van der Waals surface area contributed by atoms with Gasteiger partial charge in [0.15, 0.2) is 0 Å². The lowest BCUT2D eigenvalue weighted by Crippen LogP contribution is -2.22. The molecule has 2 aromatic carbocycles. The molecule has 1 aliphatic heterocycles. The van der Waals surface area contributed by atoms with Crippen LogP contribution in [0.3, 0.4) is 0 Å². The molecule has 0 radical (unpaired) electrons. The monoisotopic (exact) mass is 344 g/mol. The first-order valence-electron chi connectivity index (χ1n) is 9.29. The van der Waals surface area contributed by atoms with Crippen molar-refractivity contribution in [3.8, 4) is 5.88 Å². The Morgan fingerprint density at radius 3 is 2.31 bits per heavy atom. The Balaban J connectivity index is 1.39. The largest absolute Gasteiger partial charge is 0.473 e. The minimum Gasteiger partial charge on any atom is -0.473 e. The summed E-state index contributed by atoms with van der Waals surface area (Å²) >= 11 is 0. The highest BCUT2D eigenvalue weighted by atomic mass is 16.5. The lowest BCUT2D eigenvalue weighted by Gasteiger charge is -2.24. The average molecular weight is 344 g/mol. The number of nitrogens with zero attached hydrogens (tertiary/aromatic N) is 2. The SMILES string of the molecule is c1ccc(COc2ccc([C@H]3CCCN3Cc3ccccc3)cn2)cc1. The van der Waals surface area contributed by atoms with Crippen molar-refractivity contribution in [2.75, 3.05) is 6.54 Å². The van der Waals surface area contributed by atoms with Crippen molar-refractivity contribution in [3.05, 3.63) is 95.7 Å². The normalized spacial score (nSPS) is 17.3. The van der Waals surface area contributed by atoms with Crippen LogP contribution in [-0.4, -0.2) is 16.4 Å². The summed E-state index contributed by atoms with van der Waals surface area (Å²) in [6.07, 6.45) is 4.41. The molecule has 1 aromatic heterocycles. The predicted octanol–water partition coefficient (Wildman–Crippen LogP) is 5.00. The molecule has 0 N–H and O–H groups in total. The van der Waals surface area contributed by atoms with Crippen LogP contribution in [0.5, 0.6) is 5.88 Å². The van der Waals surface area contributed by atoms with E-state index in [1.807, 2.05) is 30.5 Å². The smallest absolute Gasteiger partial charge is 0.213 e. The van der Waals surface area contributed by atoms with Gasteiger partial charge in [0, 0.05) is 24.8 Å². The molecule has 0 amide bonds. The van der Waals surface area contributed by atoms with Crippen molar-refractivity contribution in [1.29, 1.82) is 0 Å². The Labute approximate surface area is 155 Å². The van der Waals surface area contributed by atoms with Crippen molar-refractivity contribution < 1.29 is 4.74 Å². The molecule has 0 spiro atoms. The van der Waals surface area contributed by atoms with Crippen molar-refractivity contribution in [2.24, 2.45) is 0 Å². The summed E-state index contributed by atoms with van der Waals surface area (Å²) in [5, 5.41) is 0. The fourth-order valence-corrected chi connectivity index (χ4v) is 3.62. The molecule has 2 heterocycles. The maximum Gasteiger partial charge on any atom is 0.213 e. The summed E-state index contributed by atoms with van der Waals surface area (Å²) in [6.45, 7) is 2.69. The summed E-state index contributed by atoms with van der Waals surface area (Å²) in [5.41, 5.74) is 3.81. The van der Waals surface area contributed by atoms with Crippen LogP contribution in [0.4, 0.5) is 0 Å². The van der Waals surface area contributed by atoms with E-state index in [0.717, 1.165) is 18.7 Å². The number of hydrogen-bond acceptors (Lipinski definition) is 3. The van der Waals surface area contributed by atoms with E-state index in [9.17, 15) is 0 Å². The summed E-state index contributed by atoms with van der Waals surface area (Å²) in [7, 11) is 0. The molecule has 1 atom stereocenters. The fraction of sp³-hybridized carbons (Fsp3) is 0.261. The number of aromatic nitrogens is 1. The van der Waals surface area contributed by atoms with E-state index in [2.05, 4.69) is 58.4 Å². The molecule has 0 unspecified atom stereocenters. The molecule has 0 aliphatic carbocycles. The van der Waals surface area contributed by atoms with Crippen LogP contribution >= 0.6 is 0 Å². The summed E-state index contributed by atoms with van der Waals surface area (Å²) in [5.74, 6) is 0.685. The topological polar surface area (TPSA) is 25.4 Å². The molecule has 3 heteroatoms. The number of rotatable bonds is 6. The molecule has 1 saturated heterocycles. The van der Waals surface area contributed by atoms with Crippen molar-refractivity contribution >= 4 is 0 Å². The van der Waals surface area contributed by atoms with Gasteiger partial charge in [-0.2, -0.15) is 0 Å². The van der Waals surface area contributed by atoms with Gasteiger partial charge in [-0.05, 0) is 36.1 Å². The Hall–Kier alpha value is -2.65. The van der Waals surface area contributed by atoms with Gasteiger partial charge < -0.3 is 4.74 Å². The van der Waals surface area contributed by atoms with E-state index in [-0.39, 0.29) is 0 Å². The van der Waals surface area contributed by atoms with Crippen LogP contribution in [0.15, 0.2) is 79.0 Å². The number of ether oxygens (including phenoxy) is 1. The molecule has 3 aromatic rings. The second kappa shape index (κ2) is 8.15. The third kappa shape index (κ3) is 4.12. The molecular formula is C23H24N2O. The van der Waals surface area contributed by atoms with Gasteiger partial charge in [-0.15, -0.1) is 0 Å². The van der Waals surface area contributed by atoms with Crippen LogP contribution in [0.2, 0.25) is 0 Å². The second-order valence-corrected chi connectivity index (χ2v) is 6.82. The molecule has 3 nitrogen and oxygen atoms in total. The molecule has 0 bridgehead atoms. The standard InChI is InChI=1S/C23H24N2O/c1-3-8-19(9-4-1)17-25-15-7-12-22(25)21-13-14-23(24-16-21)26-18-20-10-5-2-6-11-20/h1-6,8-11,13-14,16,22H,7,12,15,17-18H2/t22-/m1/s1. The lowest BCUT2D eigenvalue weighted by molar-refractivity contribution is 0.247. The van der Waals surface area contributed by atoms with E-state index in [1.54, 1.807) is 0 Å². The minimum absolute atomic E-state index is 0.450. The Morgan fingerprint density at radius 1 is 0.885 bits per heavy atom. The number of likely N-dealkylation sites (tertiary alicyclic amines) is 1. The molecule has 1 fully saturated rings. The van der Waals surface area contributed by atoms with Gasteiger partial charge in [0.2, 0.25) is 5.88 Å². The fourth-order valence-electron chi connectivity index (χ4n) is 3.62. The molecule has 132 valence electrons. The molecule has 0 saturated carbocycles. The Morgan fingerprint density at radius 2 is 1.62 bits per heavy atom. The van der Waals surface area contributed by atoms with Gasteiger partial charge in [-0.3, -0.25) is 4.90 Å². The maximum atomic E-state index is 5.81. The van der Waals surface area contributed by atoms with E-state index >= 15 is 0 Å². The predicted molar refractivity (Wildman–Crippen MR) is 104 cm³/mol. The Bertz CT molecular complexity index is 803. The third-order valence-electron chi connectivity index (χ3n) is 4.97. The molecule has 1 aliphatic rings. The Kier molecular flexibility index (Phi) is 5.27. The zero-order chi connectivity index (χ0) is 17.6. The first-order chi connectivity index (χ1) is 12.9. The maximum absolute atomic E-state index is 5.81. The minimum atomic E-state index is 0.450. The average Bonchev–Trinajstić information content (AvgIpc) is 3.16. The van der Waals surface area contributed by atoms with Crippen molar-refractivity contribution in [1.82, 2.24) is 9.88 Å². The third-order valence-corrected chi connectivity index (χ3v) is 4.97. The van der Waals surface area contributed by atoms with E-state index in [1.165, 1.54) is 24.0 Å². The van der Waals surface area contributed by atoms with Gasteiger partial charge in [-0.1, -0.05) is 66.7 Å². The van der Waals surface area contributed by atoms with Crippen LogP contribution in [0, 0.1) is 0 Å². The highest BCUT2D eigenvalue weighted by molar-refractivity contribution is 5.23.